The molecule has 6 heteroatoms. The average molecular weight is 313 g/mol. The van der Waals surface area contributed by atoms with Gasteiger partial charge in [-0.15, -0.1) is 11.3 Å². The van der Waals surface area contributed by atoms with Crippen LogP contribution in [0, 0.1) is 12.8 Å². The van der Waals surface area contributed by atoms with Gasteiger partial charge in [0.2, 0.25) is 0 Å². The van der Waals surface area contributed by atoms with Gasteiger partial charge in [0, 0.05) is 17.5 Å². The molecule has 118 valence electrons. The lowest BCUT2D eigenvalue weighted by molar-refractivity contribution is -0.140. The van der Waals surface area contributed by atoms with E-state index in [1.807, 2.05) is 25.7 Å². The first-order chi connectivity index (χ1) is 9.77. The summed E-state index contributed by atoms with van der Waals surface area (Å²) in [6.45, 7) is 10.0. The van der Waals surface area contributed by atoms with Gasteiger partial charge in [-0.05, 0) is 33.8 Å². The molecule has 1 heterocycles. The van der Waals surface area contributed by atoms with Gasteiger partial charge >= 0.3 is 11.9 Å². The Morgan fingerprint density at radius 1 is 1.38 bits per heavy atom. The number of hydrogen-bond donors (Lipinski definition) is 1. The molecule has 5 nitrogen and oxygen atoms in total. The van der Waals surface area contributed by atoms with Crippen LogP contribution in [0.5, 0.6) is 0 Å². The van der Waals surface area contributed by atoms with E-state index in [2.05, 4.69) is 0 Å². The molecule has 1 aromatic heterocycles. The van der Waals surface area contributed by atoms with Crippen LogP contribution >= 0.6 is 11.3 Å². The van der Waals surface area contributed by atoms with Gasteiger partial charge in [-0.3, -0.25) is 4.79 Å². The first-order valence-corrected chi connectivity index (χ1v) is 7.86. The van der Waals surface area contributed by atoms with E-state index in [-0.39, 0.29) is 12.0 Å². The molecule has 0 amide bonds. The summed E-state index contributed by atoms with van der Waals surface area (Å²) in [6.07, 6.45) is 0. The number of carboxylic acids is 1. The number of anilines is 1. The Labute approximate surface area is 129 Å². The number of carbonyl (C=O) groups is 2. The minimum absolute atomic E-state index is 0.0954. The lowest BCUT2D eigenvalue weighted by Gasteiger charge is -2.30. The van der Waals surface area contributed by atoms with Gasteiger partial charge in [-0.25, -0.2) is 4.79 Å². The van der Waals surface area contributed by atoms with Crippen LogP contribution in [0.3, 0.4) is 0 Å². The largest absolute Gasteiger partial charge is 0.481 e. The molecule has 21 heavy (non-hydrogen) atoms. The van der Waals surface area contributed by atoms with Crippen molar-refractivity contribution in [2.45, 2.75) is 40.7 Å². The molecule has 1 unspecified atom stereocenters. The van der Waals surface area contributed by atoms with E-state index >= 15 is 0 Å². The number of ether oxygens (including phenoxy) is 1. The summed E-state index contributed by atoms with van der Waals surface area (Å²) in [4.78, 5) is 26.1. The summed E-state index contributed by atoms with van der Waals surface area (Å²) < 4.78 is 5.09. The zero-order valence-electron chi connectivity index (χ0n) is 13.2. The molecule has 0 spiro atoms. The van der Waals surface area contributed by atoms with Crippen LogP contribution in [-0.4, -0.2) is 36.2 Å². The Kier molecular flexibility index (Phi) is 6.20. The van der Waals surface area contributed by atoms with Crippen molar-refractivity contribution in [2.24, 2.45) is 5.92 Å². The molecule has 0 aliphatic heterocycles. The predicted molar refractivity (Wildman–Crippen MR) is 84.3 cm³/mol. The van der Waals surface area contributed by atoms with Crippen LogP contribution in [0.15, 0.2) is 6.07 Å². The summed E-state index contributed by atoms with van der Waals surface area (Å²) >= 11 is 1.49. The number of nitrogens with zero attached hydrogens (tertiary/aromatic N) is 1. The van der Waals surface area contributed by atoms with Gasteiger partial charge in [0.15, 0.2) is 0 Å². The van der Waals surface area contributed by atoms with Gasteiger partial charge in [0.05, 0.1) is 18.1 Å². The fraction of sp³-hybridized carbons (Fsp3) is 0.600. The summed E-state index contributed by atoms with van der Waals surface area (Å²) in [5, 5.41) is 9.90. The lowest BCUT2D eigenvalue weighted by atomic mass is 10.1. The molecule has 1 rings (SSSR count). The normalized spacial score (nSPS) is 12.3. The van der Waals surface area contributed by atoms with Crippen molar-refractivity contribution in [1.29, 1.82) is 0 Å². The third-order valence-corrected chi connectivity index (χ3v) is 4.19. The van der Waals surface area contributed by atoms with Crippen molar-refractivity contribution in [3.05, 3.63) is 16.5 Å². The van der Waals surface area contributed by atoms with Gasteiger partial charge in [-0.1, -0.05) is 6.92 Å². The molecule has 1 atom stereocenters. The maximum absolute atomic E-state index is 12.1. The second-order valence-electron chi connectivity index (χ2n) is 5.28. The average Bonchev–Trinajstić information content (AvgIpc) is 2.77. The maximum atomic E-state index is 12.1. The van der Waals surface area contributed by atoms with E-state index in [1.54, 1.807) is 19.9 Å². The SMILES string of the molecule is CCOC(=O)c1cc(C)sc1N(CC(C)C(=O)O)C(C)C. The molecular formula is C15H23NO4S. The number of carbonyl (C=O) groups excluding carboxylic acids is 1. The molecule has 0 fully saturated rings. The number of esters is 1. The van der Waals surface area contributed by atoms with Crippen LogP contribution in [0.25, 0.3) is 0 Å². The molecular weight excluding hydrogens is 290 g/mol. The number of carboxylic acid groups (broad SMARTS) is 1. The Morgan fingerprint density at radius 3 is 2.48 bits per heavy atom. The molecule has 0 radical (unpaired) electrons. The second kappa shape index (κ2) is 7.45. The monoisotopic (exact) mass is 313 g/mol. The first kappa shape index (κ1) is 17.5. The highest BCUT2D eigenvalue weighted by atomic mass is 32.1. The van der Waals surface area contributed by atoms with E-state index in [1.165, 1.54) is 11.3 Å². The summed E-state index contributed by atoms with van der Waals surface area (Å²) in [5.41, 5.74) is 0.519. The third-order valence-electron chi connectivity index (χ3n) is 3.11. The van der Waals surface area contributed by atoms with Crippen LogP contribution in [-0.2, 0) is 9.53 Å². The fourth-order valence-electron chi connectivity index (χ4n) is 1.97. The second-order valence-corrected chi connectivity index (χ2v) is 6.52. The van der Waals surface area contributed by atoms with E-state index < -0.39 is 11.9 Å². The van der Waals surface area contributed by atoms with Crippen LogP contribution in [0.1, 0.15) is 42.9 Å². The Balaban J connectivity index is 3.13. The number of thiophene rings is 1. The quantitative estimate of drug-likeness (QED) is 0.783. The van der Waals surface area contributed by atoms with E-state index in [0.29, 0.717) is 18.7 Å². The molecule has 1 aromatic rings. The van der Waals surface area contributed by atoms with Crippen LogP contribution < -0.4 is 4.90 Å². The predicted octanol–water partition coefficient (Wildman–Crippen LogP) is 3.17. The number of aliphatic carboxylic acids is 1. The zero-order valence-corrected chi connectivity index (χ0v) is 14.0. The van der Waals surface area contributed by atoms with Crippen molar-refractivity contribution >= 4 is 28.3 Å². The van der Waals surface area contributed by atoms with Crippen molar-refractivity contribution in [2.75, 3.05) is 18.1 Å². The highest BCUT2D eigenvalue weighted by Crippen LogP contribution is 2.33. The van der Waals surface area contributed by atoms with Gasteiger partial charge in [0.1, 0.15) is 5.00 Å². The molecule has 0 aliphatic carbocycles. The van der Waals surface area contributed by atoms with Gasteiger partial charge < -0.3 is 14.7 Å². The number of rotatable bonds is 7. The van der Waals surface area contributed by atoms with Crippen molar-refractivity contribution in [1.82, 2.24) is 0 Å². The van der Waals surface area contributed by atoms with Crippen molar-refractivity contribution in [3.63, 3.8) is 0 Å². The highest BCUT2D eigenvalue weighted by molar-refractivity contribution is 7.16. The molecule has 0 saturated heterocycles. The molecule has 1 N–H and O–H groups in total. The lowest BCUT2D eigenvalue weighted by Crippen LogP contribution is -2.37. The Hall–Kier alpha value is -1.56. The first-order valence-electron chi connectivity index (χ1n) is 7.04. The summed E-state index contributed by atoms with van der Waals surface area (Å²) in [7, 11) is 0. The third kappa shape index (κ3) is 4.46. The van der Waals surface area contributed by atoms with Crippen LogP contribution in [0.4, 0.5) is 5.00 Å². The molecule has 0 aromatic carbocycles. The molecule has 0 aliphatic rings. The smallest absolute Gasteiger partial charge is 0.341 e. The molecule has 0 saturated carbocycles. The molecule has 0 bridgehead atoms. The minimum atomic E-state index is -0.841. The minimum Gasteiger partial charge on any atom is -0.481 e. The fourth-order valence-corrected chi connectivity index (χ4v) is 3.11. The van der Waals surface area contributed by atoms with Crippen molar-refractivity contribution in [3.8, 4) is 0 Å². The van der Waals surface area contributed by atoms with Crippen LogP contribution in [0.2, 0.25) is 0 Å². The zero-order chi connectivity index (χ0) is 16.2. The van der Waals surface area contributed by atoms with Gasteiger partial charge in [0.25, 0.3) is 0 Å². The van der Waals surface area contributed by atoms with Gasteiger partial charge in [-0.2, -0.15) is 0 Å². The highest BCUT2D eigenvalue weighted by Gasteiger charge is 2.25. The summed E-state index contributed by atoms with van der Waals surface area (Å²) in [6, 6.07) is 1.90. The Morgan fingerprint density at radius 2 is 2.00 bits per heavy atom. The summed E-state index contributed by atoms with van der Waals surface area (Å²) in [5.74, 6) is -1.71. The Bertz CT molecular complexity index is 510. The maximum Gasteiger partial charge on any atom is 0.341 e. The standard InChI is InChI=1S/C15H23NO4S/c1-6-20-15(19)12-7-11(5)21-13(12)16(9(2)3)8-10(4)14(17)18/h7,9-10H,6,8H2,1-5H3,(H,17,18). The topological polar surface area (TPSA) is 66.8 Å². The van der Waals surface area contributed by atoms with Crippen molar-refractivity contribution < 1.29 is 19.4 Å². The van der Waals surface area contributed by atoms with E-state index in [4.69, 9.17) is 9.84 Å². The van der Waals surface area contributed by atoms with E-state index in [0.717, 1.165) is 9.88 Å². The van der Waals surface area contributed by atoms with E-state index in [9.17, 15) is 9.59 Å². The number of hydrogen-bond acceptors (Lipinski definition) is 5. The number of aryl methyl sites for hydroxylation is 1.